The quantitative estimate of drug-likeness (QED) is 0.275. The van der Waals surface area contributed by atoms with Gasteiger partial charge in [-0.25, -0.2) is 0 Å². The Balaban J connectivity index is 1.71. The van der Waals surface area contributed by atoms with Crippen molar-refractivity contribution in [1.82, 2.24) is 0 Å². The fraction of sp³-hybridized carbons (Fsp3) is 0.167. The van der Waals surface area contributed by atoms with Crippen molar-refractivity contribution in [2.75, 3.05) is 0 Å². The van der Waals surface area contributed by atoms with E-state index in [4.69, 9.17) is 0 Å². The van der Waals surface area contributed by atoms with E-state index >= 15 is 0 Å². The van der Waals surface area contributed by atoms with Crippen LogP contribution >= 0.6 is 0 Å². The molecule has 0 heterocycles. The summed E-state index contributed by atoms with van der Waals surface area (Å²) < 4.78 is 0. The summed E-state index contributed by atoms with van der Waals surface area (Å²) in [6.07, 6.45) is -0.161. The summed E-state index contributed by atoms with van der Waals surface area (Å²) in [5.74, 6) is -4.06. The molecule has 4 atom stereocenters. The molecule has 4 N–H and O–H groups in total. The number of fused-ring (bicyclic) bond motifs is 4. The van der Waals surface area contributed by atoms with Crippen LogP contribution in [0.4, 0.5) is 0 Å². The van der Waals surface area contributed by atoms with Crippen LogP contribution in [0.2, 0.25) is 0 Å². The van der Waals surface area contributed by atoms with E-state index in [1.54, 1.807) is 36.4 Å². The Kier molecular flexibility index (Phi) is 3.33. The van der Waals surface area contributed by atoms with Gasteiger partial charge in [0.25, 0.3) is 0 Å². The normalized spacial score (nSPS) is 28.2. The minimum Gasteiger partial charge on any atom is -0.507 e. The first-order valence-corrected chi connectivity index (χ1v) is 12.0. The maximum absolute atomic E-state index is 14.7. The lowest BCUT2D eigenvalue weighted by molar-refractivity contribution is -0.124. The van der Waals surface area contributed by atoms with Crippen LogP contribution in [0.25, 0.3) is 10.8 Å². The van der Waals surface area contributed by atoms with Gasteiger partial charge in [0.2, 0.25) is 0 Å². The highest BCUT2D eigenvalue weighted by Crippen LogP contribution is 2.75. The Bertz CT molecular complexity index is 1830. The fourth-order valence-corrected chi connectivity index (χ4v) is 8.33. The lowest BCUT2D eigenvalue weighted by Crippen LogP contribution is -2.53. The van der Waals surface area contributed by atoms with E-state index in [0.717, 1.165) is 0 Å². The number of hydrogen-bond acceptors (Lipinski definition) is 7. The third kappa shape index (κ3) is 1.80. The zero-order valence-corrected chi connectivity index (χ0v) is 19.1. The lowest BCUT2D eigenvalue weighted by atomic mass is 9.51. The molecule has 4 aliphatic carbocycles. The summed E-state index contributed by atoms with van der Waals surface area (Å²) in [6, 6.07) is 15.6. The Morgan fingerprint density at radius 2 is 1.24 bits per heavy atom. The monoisotopic (exact) mass is 490 g/mol. The highest BCUT2D eigenvalue weighted by atomic mass is 16.3. The highest BCUT2D eigenvalue weighted by molar-refractivity contribution is 6.28. The molecule has 2 bridgehead atoms. The van der Waals surface area contributed by atoms with Crippen LogP contribution < -0.4 is 0 Å². The van der Waals surface area contributed by atoms with Crippen LogP contribution in [0.1, 0.15) is 49.4 Å². The molecule has 2 spiro atoms. The molecule has 4 aliphatic rings. The third-order valence-corrected chi connectivity index (χ3v) is 9.27. The largest absolute Gasteiger partial charge is 0.507 e. The molecule has 4 unspecified atom stereocenters. The minimum atomic E-state index is -1.53. The van der Waals surface area contributed by atoms with Crippen molar-refractivity contribution in [2.24, 2.45) is 11.8 Å². The molecule has 1 fully saturated rings. The van der Waals surface area contributed by atoms with Gasteiger partial charge in [0.05, 0.1) is 27.8 Å². The number of carbonyl (C=O) groups excluding carboxylic acids is 3. The number of Topliss-reactive ketones (excluding diaryl/α,β-unsaturated/α-hetero) is 3. The summed E-state index contributed by atoms with van der Waals surface area (Å²) >= 11 is 0. The maximum atomic E-state index is 14.7. The van der Waals surface area contributed by atoms with Gasteiger partial charge in [-0.1, -0.05) is 36.4 Å². The zero-order chi connectivity index (χ0) is 25.6. The molecule has 0 aromatic heterocycles. The molecule has 7 heteroatoms. The van der Waals surface area contributed by atoms with Crippen molar-refractivity contribution in [3.8, 4) is 23.0 Å². The van der Waals surface area contributed by atoms with E-state index in [2.05, 4.69) is 0 Å². The lowest BCUT2D eigenvalue weighted by Gasteiger charge is -2.47. The number of phenols is 4. The zero-order valence-electron chi connectivity index (χ0n) is 19.1. The molecular formula is C30H18O7. The van der Waals surface area contributed by atoms with Crippen molar-refractivity contribution < 1.29 is 34.8 Å². The predicted molar refractivity (Wildman–Crippen MR) is 130 cm³/mol. The second kappa shape index (κ2) is 6.00. The van der Waals surface area contributed by atoms with E-state index in [9.17, 15) is 34.8 Å². The number of aromatic hydroxyl groups is 4. The van der Waals surface area contributed by atoms with E-state index in [-0.39, 0.29) is 57.5 Å². The first-order chi connectivity index (χ1) is 17.8. The van der Waals surface area contributed by atoms with Gasteiger partial charge < -0.3 is 20.4 Å². The molecule has 0 saturated heterocycles. The van der Waals surface area contributed by atoms with Gasteiger partial charge in [-0.2, -0.15) is 0 Å². The van der Waals surface area contributed by atoms with Crippen LogP contribution in [0.15, 0.2) is 60.7 Å². The molecule has 8 rings (SSSR count). The molecule has 0 radical (unpaired) electrons. The minimum absolute atomic E-state index is 0.0493. The molecule has 37 heavy (non-hydrogen) atoms. The van der Waals surface area contributed by atoms with Crippen molar-refractivity contribution in [1.29, 1.82) is 0 Å². The SMILES string of the molecule is O=C1CC2C3C(=O)c4c(O)cccc4C4(C3=O)c3ccc(O)c5c(O)ccc(c35)C24c2cccc(O)c21. The fourth-order valence-electron chi connectivity index (χ4n) is 8.33. The van der Waals surface area contributed by atoms with Gasteiger partial charge in [0.1, 0.15) is 23.0 Å². The molecule has 0 amide bonds. The van der Waals surface area contributed by atoms with Gasteiger partial charge in [0, 0.05) is 11.8 Å². The van der Waals surface area contributed by atoms with E-state index in [0.29, 0.717) is 27.6 Å². The van der Waals surface area contributed by atoms with Crippen molar-refractivity contribution in [2.45, 2.75) is 17.3 Å². The number of carbonyl (C=O) groups is 3. The van der Waals surface area contributed by atoms with E-state index in [1.165, 1.54) is 24.3 Å². The molecule has 4 aromatic rings. The number of benzene rings is 4. The molecule has 180 valence electrons. The summed E-state index contributed by atoms with van der Waals surface area (Å²) in [7, 11) is 0. The van der Waals surface area contributed by atoms with Crippen LogP contribution in [-0.2, 0) is 15.6 Å². The molecule has 7 nitrogen and oxygen atoms in total. The standard InChI is InChI=1S/C30H18O7/c31-17-5-1-3-12-23(17)21(35)11-16-25-27(36)24-13(4-2-6-18(24)32)30(28(25)37)15-8-10-20(34)26-19(33)9-7-14(22(15)26)29(12,16)30/h1-10,16,25,31-34H,11H2. The van der Waals surface area contributed by atoms with Crippen molar-refractivity contribution in [3.05, 3.63) is 94.0 Å². The molecule has 4 aromatic carbocycles. The van der Waals surface area contributed by atoms with Crippen molar-refractivity contribution >= 4 is 28.1 Å². The van der Waals surface area contributed by atoms with Gasteiger partial charge in [-0.15, -0.1) is 0 Å². The Hall–Kier alpha value is -4.65. The van der Waals surface area contributed by atoms with Crippen LogP contribution in [-0.4, -0.2) is 37.8 Å². The number of hydrogen-bond donors (Lipinski definition) is 4. The summed E-state index contributed by atoms with van der Waals surface area (Å²) in [6.45, 7) is 0. The first kappa shape index (κ1) is 20.5. The average molecular weight is 490 g/mol. The Labute approximate surface area is 209 Å². The smallest absolute Gasteiger partial charge is 0.177 e. The topological polar surface area (TPSA) is 132 Å². The Morgan fingerprint density at radius 1 is 0.622 bits per heavy atom. The van der Waals surface area contributed by atoms with E-state index in [1.807, 2.05) is 0 Å². The van der Waals surface area contributed by atoms with Gasteiger partial charge in [0.15, 0.2) is 17.3 Å². The first-order valence-electron chi connectivity index (χ1n) is 12.0. The van der Waals surface area contributed by atoms with Crippen LogP contribution in [0.3, 0.4) is 0 Å². The van der Waals surface area contributed by atoms with Gasteiger partial charge >= 0.3 is 0 Å². The predicted octanol–water partition coefficient (Wildman–Crippen LogP) is 3.85. The molecule has 1 saturated carbocycles. The summed E-state index contributed by atoms with van der Waals surface area (Å²) in [5.41, 5.74) is -0.839. The Morgan fingerprint density at radius 3 is 1.95 bits per heavy atom. The average Bonchev–Trinajstić information content (AvgIpc) is 3.21. The maximum Gasteiger partial charge on any atom is 0.177 e. The second-order valence-corrected chi connectivity index (χ2v) is 10.4. The van der Waals surface area contributed by atoms with Crippen LogP contribution in [0, 0.1) is 11.8 Å². The second-order valence-electron chi connectivity index (χ2n) is 10.4. The van der Waals surface area contributed by atoms with Crippen molar-refractivity contribution in [3.63, 3.8) is 0 Å². The number of rotatable bonds is 0. The highest BCUT2D eigenvalue weighted by Gasteiger charge is 2.80. The number of phenolic OH excluding ortho intramolecular Hbond substituents is 4. The summed E-state index contributed by atoms with van der Waals surface area (Å²) in [4.78, 5) is 42.1. The van der Waals surface area contributed by atoms with E-state index < -0.39 is 28.4 Å². The summed E-state index contributed by atoms with van der Waals surface area (Å²) in [5, 5.41) is 44.0. The third-order valence-electron chi connectivity index (χ3n) is 9.27. The molecular weight excluding hydrogens is 472 g/mol. The number of ketones is 3. The van der Waals surface area contributed by atoms with Crippen LogP contribution in [0.5, 0.6) is 23.0 Å². The van der Waals surface area contributed by atoms with Gasteiger partial charge in [-0.3, -0.25) is 14.4 Å². The molecule has 0 aliphatic heterocycles. The van der Waals surface area contributed by atoms with Gasteiger partial charge in [-0.05, 0) is 57.8 Å².